The molecule has 0 heterocycles. The van der Waals surface area contributed by atoms with E-state index in [-0.39, 0.29) is 19.0 Å². The summed E-state index contributed by atoms with van der Waals surface area (Å²) < 4.78 is 26.0. The van der Waals surface area contributed by atoms with E-state index in [9.17, 15) is 8.42 Å². The standard InChI is InChI=1S/C17H20N2O2S/c18-11-17(12-19)15(13-7-3-1-4-8-13)16(17)22(20,21)14-9-5-2-6-10-14/h1-10,15-16H,11-12,18-19H2/t15-,16+/m1/s1. The monoisotopic (exact) mass is 316 g/mol. The molecular formula is C17H20N2O2S. The van der Waals surface area contributed by atoms with Crippen molar-refractivity contribution in [3.63, 3.8) is 0 Å². The molecule has 0 radical (unpaired) electrons. The summed E-state index contributed by atoms with van der Waals surface area (Å²) in [6.45, 7) is 0.527. The topological polar surface area (TPSA) is 86.2 Å². The van der Waals surface area contributed by atoms with E-state index in [1.54, 1.807) is 30.3 Å². The molecule has 116 valence electrons. The molecule has 1 aliphatic rings. The highest BCUT2D eigenvalue weighted by Gasteiger charge is 2.69. The molecule has 1 saturated carbocycles. The average Bonchev–Trinajstić information content (AvgIpc) is 3.27. The quantitative estimate of drug-likeness (QED) is 0.876. The summed E-state index contributed by atoms with van der Waals surface area (Å²) >= 11 is 0. The third-order valence-electron chi connectivity index (χ3n) is 4.70. The molecule has 5 heteroatoms. The predicted octanol–water partition coefficient (Wildman–Crippen LogP) is 1.53. The van der Waals surface area contributed by atoms with Crippen LogP contribution in [-0.4, -0.2) is 26.8 Å². The second-order valence-corrected chi connectivity index (χ2v) is 7.88. The largest absolute Gasteiger partial charge is 0.330 e. The summed E-state index contributed by atoms with van der Waals surface area (Å²) in [7, 11) is -3.45. The summed E-state index contributed by atoms with van der Waals surface area (Å²) in [5, 5.41) is -0.556. The van der Waals surface area contributed by atoms with Gasteiger partial charge in [0.2, 0.25) is 0 Å². The SMILES string of the molecule is NCC1(CN)[C@H](c2ccccc2)[C@@H]1S(=O)(=O)c1ccccc1. The molecule has 1 fully saturated rings. The highest BCUT2D eigenvalue weighted by Crippen LogP contribution is 2.62. The van der Waals surface area contributed by atoms with E-state index in [4.69, 9.17) is 11.5 Å². The Bertz CT molecular complexity index is 741. The number of rotatable bonds is 5. The van der Waals surface area contributed by atoms with Crippen LogP contribution in [-0.2, 0) is 9.84 Å². The van der Waals surface area contributed by atoms with Crippen molar-refractivity contribution < 1.29 is 8.42 Å². The minimum absolute atomic E-state index is 0.145. The first kappa shape index (κ1) is 15.2. The molecule has 2 aromatic carbocycles. The Morgan fingerprint density at radius 2 is 1.36 bits per heavy atom. The lowest BCUT2D eigenvalue weighted by Crippen LogP contribution is -2.31. The lowest BCUT2D eigenvalue weighted by atomic mass is 9.99. The van der Waals surface area contributed by atoms with Gasteiger partial charge in [0.25, 0.3) is 0 Å². The Morgan fingerprint density at radius 1 is 0.864 bits per heavy atom. The van der Waals surface area contributed by atoms with Gasteiger partial charge in [0.15, 0.2) is 9.84 Å². The maximum absolute atomic E-state index is 13.0. The highest BCUT2D eigenvalue weighted by molar-refractivity contribution is 7.92. The van der Waals surface area contributed by atoms with Gasteiger partial charge in [-0.1, -0.05) is 48.5 Å². The van der Waals surface area contributed by atoms with Crippen molar-refractivity contribution in [1.82, 2.24) is 0 Å². The number of nitrogens with two attached hydrogens (primary N) is 2. The van der Waals surface area contributed by atoms with Crippen molar-refractivity contribution >= 4 is 9.84 Å². The van der Waals surface area contributed by atoms with Gasteiger partial charge >= 0.3 is 0 Å². The van der Waals surface area contributed by atoms with Crippen molar-refractivity contribution in [2.45, 2.75) is 16.1 Å². The summed E-state index contributed by atoms with van der Waals surface area (Å²) in [5.41, 5.74) is 12.3. The van der Waals surface area contributed by atoms with Crippen molar-refractivity contribution in [3.05, 3.63) is 66.2 Å². The molecule has 4 nitrogen and oxygen atoms in total. The van der Waals surface area contributed by atoms with Gasteiger partial charge in [0, 0.05) is 24.4 Å². The first-order valence-electron chi connectivity index (χ1n) is 7.32. The predicted molar refractivity (Wildman–Crippen MR) is 87.1 cm³/mol. The molecule has 0 amide bonds. The van der Waals surface area contributed by atoms with E-state index >= 15 is 0 Å². The van der Waals surface area contributed by atoms with Gasteiger partial charge in [-0.05, 0) is 17.7 Å². The molecular weight excluding hydrogens is 296 g/mol. The van der Waals surface area contributed by atoms with Gasteiger partial charge in [-0.15, -0.1) is 0 Å². The Hall–Kier alpha value is -1.69. The fraction of sp³-hybridized carbons (Fsp3) is 0.294. The lowest BCUT2D eigenvalue weighted by molar-refractivity contribution is 0.510. The van der Waals surface area contributed by atoms with Crippen LogP contribution in [0.4, 0.5) is 0 Å². The molecule has 2 atom stereocenters. The van der Waals surface area contributed by atoms with Crippen LogP contribution in [0.3, 0.4) is 0 Å². The zero-order valence-corrected chi connectivity index (χ0v) is 13.0. The zero-order valence-electron chi connectivity index (χ0n) is 12.2. The van der Waals surface area contributed by atoms with Crippen LogP contribution in [0.2, 0.25) is 0 Å². The van der Waals surface area contributed by atoms with Crippen LogP contribution < -0.4 is 11.5 Å². The van der Waals surface area contributed by atoms with E-state index in [0.29, 0.717) is 4.90 Å². The van der Waals surface area contributed by atoms with E-state index in [1.165, 1.54) is 0 Å². The van der Waals surface area contributed by atoms with E-state index in [1.807, 2.05) is 30.3 Å². The Kier molecular flexibility index (Phi) is 3.80. The van der Waals surface area contributed by atoms with E-state index in [2.05, 4.69) is 0 Å². The van der Waals surface area contributed by atoms with Gasteiger partial charge in [-0.25, -0.2) is 8.42 Å². The first-order chi connectivity index (χ1) is 10.6. The molecule has 0 aliphatic heterocycles. The van der Waals surface area contributed by atoms with Crippen LogP contribution >= 0.6 is 0 Å². The summed E-state index contributed by atoms with van der Waals surface area (Å²) in [5.74, 6) is -0.145. The smallest absolute Gasteiger partial charge is 0.182 e. The van der Waals surface area contributed by atoms with Crippen LogP contribution in [0.15, 0.2) is 65.6 Å². The lowest BCUT2D eigenvalue weighted by Gasteiger charge is -2.12. The van der Waals surface area contributed by atoms with Crippen LogP contribution in [0.25, 0.3) is 0 Å². The Morgan fingerprint density at radius 3 is 1.86 bits per heavy atom. The molecule has 2 aromatic rings. The van der Waals surface area contributed by atoms with E-state index in [0.717, 1.165) is 5.56 Å². The average molecular weight is 316 g/mol. The molecule has 1 aliphatic carbocycles. The zero-order chi connectivity index (χ0) is 15.8. The van der Waals surface area contributed by atoms with Gasteiger partial charge < -0.3 is 11.5 Å². The third-order valence-corrected chi connectivity index (χ3v) is 7.04. The Balaban J connectivity index is 2.06. The van der Waals surface area contributed by atoms with Crippen molar-refractivity contribution in [2.75, 3.05) is 13.1 Å². The third kappa shape index (κ3) is 2.17. The second-order valence-electron chi connectivity index (χ2n) is 5.81. The maximum Gasteiger partial charge on any atom is 0.182 e. The number of benzene rings is 2. The minimum Gasteiger partial charge on any atom is -0.330 e. The molecule has 4 N–H and O–H groups in total. The molecule has 3 rings (SSSR count). The van der Waals surface area contributed by atoms with Crippen molar-refractivity contribution in [2.24, 2.45) is 16.9 Å². The summed E-state index contributed by atoms with van der Waals surface area (Å²) in [6.07, 6.45) is 0. The number of sulfone groups is 1. The number of hydrogen-bond donors (Lipinski definition) is 2. The minimum atomic E-state index is -3.45. The summed E-state index contributed by atoms with van der Waals surface area (Å²) in [6, 6.07) is 18.2. The fourth-order valence-corrected chi connectivity index (χ4v) is 5.93. The van der Waals surface area contributed by atoms with Gasteiger partial charge in [0.1, 0.15) is 0 Å². The normalized spacial score (nSPS) is 23.2. The molecule has 0 aromatic heterocycles. The molecule has 0 saturated heterocycles. The first-order valence-corrected chi connectivity index (χ1v) is 8.86. The highest BCUT2D eigenvalue weighted by atomic mass is 32.2. The van der Waals surface area contributed by atoms with Gasteiger partial charge in [-0.2, -0.15) is 0 Å². The molecule has 0 unspecified atom stereocenters. The summed E-state index contributed by atoms with van der Waals surface area (Å²) in [4.78, 5) is 0.338. The maximum atomic E-state index is 13.0. The van der Waals surface area contributed by atoms with Crippen molar-refractivity contribution in [3.8, 4) is 0 Å². The Labute approximate surface area is 131 Å². The van der Waals surface area contributed by atoms with Gasteiger partial charge in [0.05, 0.1) is 10.1 Å². The van der Waals surface area contributed by atoms with Crippen LogP contribution in [0.5, 0.6) is 0 Å². The van der Waals surface area contributed by atoms with Crippen LogP contribution in [0.1, 0.15) is 11.5 Å². The number of hydrogen-bond acceptors (Lipinski definition) is 4. The van der Waals surface area contributed by atoms with Crippen molar-refractivity contribution in [1.29, 1.82) is 0 Å². The van der Waals surface area contributed by atoms with Gasteiger partial charge in [-0.3, -0.25) is 0 Å². The van der Waals surface area contributed by atoms with E-state index < -0.39 is 20.5 Å². The van der Waals surface area contributed by atoms with Crippen LogP contribution in [0, 0.1) is 5.41 Å². The molecule has 22 heavy (non-hydrogen) atoms. The fourth-order valence-electron chi connectivity index (χ4n) is 3.43. The molecule has 0 spiro atoms. The second kappa shape index (κ2) is 5.50. The molecule has 0 bridgehead atoms.